The number of anilines is 1. The summed E-state index contributed by atoms with van der Waals surface area (Å²) < 4.78 is 26.4. The van der Waals surface area contributed by atoms with E-state index < -0.39 is 10.0 Å². The normalized spacial score (nSPS) is 13.7. The summed E-state index contributed by atoms with van der Waals surface area (Å²) in [6.45, 7) is 3.67. The predicted molar refractivity (Wildman–Crippen MR) is 65.9 cm³/mol. The molecule has 1 rings (SSSR count). The van der Waals surface area contributed by atoms with Crippen LogP contribution < -0.4 is 10.5 Å². The monoisotopic (exact) mass is 262 g/mol. The van der Waals surface area contributed by atoms with E-state index in [9.17, 15) is 8.42 Å². The van der Waals surface area contributed by atoms with Crippen LogP contribution in [0, 0.1) is 0 Å². The SMILES string of the molecule is CCC(C)NS(=O)(=O)c1c(N)cccc1Cl. The van der Waals surface area contributed by atoms with Gasteiger partial charge >= 0.3 is 0 Å². The first-order valence-electron chi connectivity index (χ1n) is 4.94. The Hall–Kier alpha value is -0.780. The molecule has 16 heavy (non-hydrogen) atoms. The van der Waals surface area contributed by atoms with Gasteiger partial charge in [0.25, 0.3) is 0 Å². The van der Waals surface area contributed by atoms with Crippen molar-refractivity contribution in [2.24, 2.45) is 0 Å². The van der Waals surface area contributed by atoms with Gasteiger partial charge in [-0.2, -0.15) is 0 Å². The van der Waals surface area contributed by atoms with Gasteiger partial charge in [-0.3, -0.25) is 0 Å². The van der Waals surface area contributed by atoms with E-state index in [1.165, 1.54) is 12.1 Å². The molecule has 1 aromatic rings. The molecule has 0 heterocycles. The lowest BCUT2D eigenvalue weighted by Crippen LogP contribution is -2.32. The number of sulfonamides is 1. The molecular weight excluding hydrogens is 248 g/mol. The maximum absolute atomic E-state index is 12.0. The minimum Gasteiger partial charge on any atom is -0.398 e. The molecule has 0 amide bonds. The summed E-state index contributed by atoms with van der Waals surface area (Å²) in [4.78, 5) is -0.0445. The Balaban J connectivity index is 3.17. The van der Waals surface area contributed by atoms with Crippen LogP contribution in [-0.2, 0) is 10.0 Å². The molecule has 1 atom stereocenters. The van der Waals surface area contributed by atoms with Crippen LogP contribution in [0.25, 0.3) is 0 Å². The first-order chi connectivity index (χ1) is 7.38. The highest BCUT2D eigenvalue weighted by Crippen LogP contribution is 2.27. The van der Waals surface area contributed by atoms with E-state index in [0.717, 1.165) is 0 Å². The van der Waals surface area contributed by atoms with Gasteiger partial charge in [0, 0.05) is 6.04 Å². The van der Waals surface area contributed by atoms with Crippen molar-refractivity contribution in [1.29, 1.82) is 0 Å². The number of nitrogen functional groups attached to an aromatic ring is 1. The van der Waals surface area contributed by atoms with Gasteiger partial charge in [-0.05, 0) is 25.5 Å². The molecule has 4 nitrogen and oxygen atoms in total. The highest BCUT2D eigenvalue weighted by molar-refractivity contribution is 7.89. The molecule has 0 radical (unpaired) electrons. The van der Waals surface area contributed by atoms with Crippen LogP contribution in [0.1, 0.15) is 20.3 Å². The minimum absolute atomic E-state index is 0.0445. The van der Waals surface area contributed by atoms with Crippen molar-refractivity contribution in [2.75, 3.05) is 5.73 Å². The Morgan fingerprint density at radius 3 is 2.62 bits per heavy atom. The fourth-order valence-electron chi connectivity index (χ4n) is 1.22. The van der Waals surface area contributed by atoms with Crippen LogP contribution in [-0.4, -0.2) is 14.5 Å². The molecule has 0 aliphatic carbocycles. The smallest absolute Gasteiger partial charge is 0.244 e. The largest absolute Gasteiger partial charge is 0.398 e. The Bertz CT molecular complexity index is 453. The van der Waals surface area contributed by atoms with E-state index in [1.54, 1.807) is 13.0 Å². The Morgan fingerprint density at radius 1 is 1.50 bits per heavy atom. The third-order valence-electron chi connectivity index (χ3n) is 2.23. The second-order valence-electron chi connectivity index (χ2n) is 3.59. The zero-order valence-electron chi connectivity index (χ0n) is 9.20. The fraction of sp³-hybridized carbons (Fsp3) is 0.400. The Labute approximate surface area is 101 Å². The highest BCUT2D eigenvalue weighted by Gasteiger charge is 2.22. The highest BCUT2D eigenvalue weighted by atomic mass is 35.5. The van der Waals surface area contributed by atoms with Gasteiger partial charge in [-0.1, -0.05) is 24.6 Å². The summed E-state index contributed by atoms with van der Waals surface area (Å²) in [5.74, 6) is 0. The van der Waals surface area contributed by atoms with E-state index in [4.69, 9.17) is 17.3 Å². The molecule has 0 aliphatic heterocycles. The maximum atomic E-state index is 12.0. The quantitative estimate of drug-likeness (QED) is 0.816. The molecule has 0 fully saturated rings. The lowest BCUT2D eigenvalue weighted by molar-refractivity contribution is 0.556. The number of nitrogens with two attached hydrogens (primary N) is 1. The van der Waals surface area contributed by atoms with Crippen molar-refractivity contribution in [1.82, 2.24) is 4.72 Å². The summed E-state index contributed by atoms with van der Waals surface area (Å²) in [5.41, 5.74) is 5.78. The van der Waals surface area contributed by atoms with Crippen molar-refractivity contribution >= 4 is 27.3 Å². The second-order valence-corrected chi connectivity index (χ2v) is 5.65. The van der Waals surface area contributed by atoms with E-state index in [2.05, 4.69) is 4.72 Å². The van der Waals surface area contributed by atoms with Gasteiger partial charge in [-0.25, -0.2) is 13.1 Å². The summed E-state index contributed by atoms with van der Waals surface area (Å²) in [6.07, 6.45) is 0.698. The first-order valence-corrected chi connectivity index (χ1v) is 6.81. The van der Waals surface area contributed by atoms with Crippen molar-refractivity contribution < 1.29 is 8.42 Å². The van der Waals surface area contributed by atoms with Gasteiger partial charge < -0.3 is 5.73 Å². The lowest BCUT2D eigenvalue weighted by Gasteiger charge is -2.14. The number of hydrogen-bond acceptors (Lipinski definition) is 3. The molecule has 0 bridgehead atoms. The van der Waals surface area contributed by atoms with Gasteiger partial charge in [0.1, 0.15) is 4.90 Å². The molecule has 0 aromatic heterocycles. The topological polar surface area (TPSA) is 72.2 Å². The number of halogens is 1. The van der Waals surface area contributed by atoms with Crippen LogP contribution in [0.5, 0.6) is 0 Å². The molecule has 6 heteroatoms. The molecule has 1 unspecified atom stereocenters. The molecule has 1 aromatic carbocycles. The van der Waals surface area contributed by atoms with E-state index in [-0.39, 0.29) is 21.6 Å². The molecule has 0 aliphatic rings. The number of nitrogens with one attached hydrogen (secondary N) is 1. The molecule has 0 saturated heterocycles. The van der Waals surface area contributed by atoms with Crippen LogP contribution in [0.15, 0.2) is 23.1 Å². The third kappa shape index (κ3) is 2.87. The van der Waals surface area contributed by atoms with Gasteiger partial charge in [0.05, 0.1) is 10.7 Å². The minimum atomic E-state index is -3.64. The molecular formula is C10H15ClN2O2S. The summed E-state index contributed by atoms with van der Waals surface area (Å²) in [6, 6.07) is 4.47. The second kappa shape index (κ2) is 5.03. The van der Waals surface area contributed by atoms with Gasteiger partial charge in [0.15, 0.2) is 0 Å². The molecule has 90 valence electrons. The van der Waals surface area contributed by atoms with Gasteiger partial charge in [-0.15, -0.1) is 0 Å². The average molecular weight is 263 g/mol. The lowest BCUT2D eigenvalue weighted by atomic mass is 10.3. The van der Waals surface area contributed by atoms with Crippen LogP contribution in [0.3, 0.4) is 0 Å². The predicted octanol–water partition coefficient (Wildman–Crippen LogP) is 2.00. The fourth-order valence-corrected chi connectivity index (χ4v) is 3.22. The maximum Gasteiger partial charge on any atom is 0.244 e. The van der Waals surface area contributed by atoms with E-state index >= 15 is 0 Å². The molecule has 0 saturated carbocycles. The summed E-state index contributed by atoms with van der Waals surface area (Å²) >= 11 is 5.84. The Kier molecular flexibility index (Phi) is 4.18. The van der Waals surface area contributed by atoms with Gasteiger partial charge in [0.2, 0.25) is 10.0 Å². The van der Waals surface area contributed by atoms with Crippen LogP contribution >= 0.6 is 11.6 Å². The molecule has 3 N–H and O–H groups in total. The third-order valence-corrected chi connectivity index (χ3v) is 4.37. The number of benzene rings is 1. The number of rotatable bonds is 4. The van der Waals surface area contributed by atoms with Crippen molar-refractivity contribution in [3.8, 4) is 0 Å². The zero-order valence-corrected chi connectivity index (χ0v) is 10.8. The Morgan fingerprint density at radius 2 is 2.12 bits per heavy atom. The first kappa shape index (κ1) is 13.3. The van der Waals surface area contributed by atoms with Crippen molar-refractivity contribution in [3.63, 3.8) is 0 Å². The standard InChI is InChI=1S/C10H15ClN2O2S/c1-3-7(2)13-16(14,15)10-8(11)5-4-6-9(10)12/h4-7,13H,3,12H2,1-2H3. The molecule has 0 spiro atoms. The van der Waals surface area contributed by atoms with Crippen molar-refractivity contribution in [3.05, 3.63) is 23.2 Å². The van der Waals surface area contributed by atoms with E-state index in [1.807, 2.05) is 6.92 Å². The zero-order chi connectivity index (χ0) is 12.3. The summed E-state index contributed by atoms with van der Waals surface area (Å²) in [7, 11) is -3.64. The van der Waals surface area contributed by atoms with Crippen molar-refractivity contribution in [2.45, 2.75) is 31.2 Å². The van der Waals surface area contributed by atoms with Crippen LogP contribution in [0.4, 0.5) is 5.69 Å². The summed E-state index contributed by atoms with van der Waals surface area (Å²) in [5, 5.41) is 0.135. The average Bonchev–Trinajstić information content (AvgIpc) is 2.16. The van der Waals surface area contributed by atoms with Crippen LogP contribution in [0.2, 0.25) is 5.02 Å². The van der Waals surface area contributed by atoms with E-state index in [0.29, 0.717) is 6.42 Å². The number of hydrogen-bond donors (Lipinski definition) is 2.